The summed E-state index contributed by atoms with van der Waals surface area (Å²) in [6.07, 6.45) is 0.970. The summed E-state index contributed by atoms with van der Waals surface area (Å²) in [7, 11) is 0. The average molecular weight is 242 g/mol. The molecule has 1 unspecified atom stereocenters. The van der Waals surface area contributed by atoms with Crippen LogP contribution in [0.3, 0.4) is 0 Å². The van der Waals surface area contributed by atoms with Crippen molar-refractivity contribution in [3.63, 3.8) is 0 Å². The van der Waals surface area contributed by atoms with Crippen LogP contribution in [0.5, 0.6) is 0 Å². The van der Waals surface area contributed by atoms with E-state index in [9.17, 15) is 9.59 Å². The van der Waals surface area contributed by atoms with E-state index < -0.39 is 12.1 Å². The Morgan fingerprint density at radius 3 is 2.29 bits per heavy atom. The predicted molar refractivity (Wildman–Crippen MR) is 63.2 cm³/mol. The third kappa shape index (κ3) is 3.72. The van der Waals surface area contributed by atoms with Crippen molar-refractivity contribution in [2.24, 2.45) is 17.8 Å². The molecule has 0 heterocycles. The Hall–Kier alpha value is -1.06. The summed E-state index contributed by atoms with van der Waals surface area (Å²) in [6.45, 7) is 7.84. The zero-order chi connectivity index (χ0) is 13.0. The molecule has 0 aromatic rings. The maximum absolute atomic E-state index is 11.8. The number of carbonyl (C=O) groups is 2. The van der Waals surface area contributed by atoms with Crippen LogP contribution in [-0.2, 0) is 19.1 Å². The van der Waals surface area contributed by atoms with Crippen molar-refractivity contribution in [1.29, 1.82) is 0 Å². The SMILES string of the molecule is CCOC(=O)C(OC(=O)C1CC(C)C1)C(C)C. The van der Waals surface area contributed by atoms with Gasteiger partial charge in [0.05, 0.1) is 12.5 Å². The standard InChI is InChI=1S/C13H22O4/c1-5-16-13(15)11(8(2)3)17-12(14)10-6-9(4)7-10/h8-11H,5-7H2,1-4H3. The van der Waals surface area contributed by atoms with E-state index in [4.69, 9.17) is 9.47 Å². The summed E-state index contributed by atoms with van der Waals surface area (Å²) in [4.78, 5) is 23.4. The fourth-order valence-electron chi connectivity index (χ4n) is 2.00. The van der Waals surface area contributed by atoms with Gasteiger partial charge in [-0.3, -0.25) is 4.79 Å². The molecule has 0 amide bonds. The largest absolute Gasteiger partial charge is 0.463 e. The lowest BCUT2D eigenvalue weighted by Crippen LogP contribution is -2.38. The van der Waals surface area contributed by atoms with E-state index in [1.165, 1.54) is 0 Å². The second-order valence-electron chi connectivity index (χ2n) is 5.13. The molecule has 0 saturated heterocycles. The van der Waals surface area contributed by atoms with Crippen LogP contribution in [0, 0.1) is 17.8 Å². The Morgan fingerprint density at radius 2 is 1.88 bits per heavy atom. The van der Waals surface area contributed by atoms with Crippen LogP contribution in [0.1, 0.15) is 40.5 Å². The van der Waals surface area contributed by atoms with Crippen LogP contribution in [0.4, 0.5) is 0 Å². The fraction of sp³-hybridized carbons (Fsp3) is 0.846. The average Bonchev–Trinajstić information content (AvgIpc) is 2.20. The minimum atomic E-state index is -0.765. The highest BCUT2D eigenvalue weighted by Gasteiger charge is 2.36. The molecule has 98 valence electrons. The highest BCUT2D eigenvalue weighted by molar-refractivity contribution is 5.81. The van der Waals surface area contributed by atoms with Crippen LogP contribution in [0.2, 0.25) is 0 Å². The van der Waals surface area contributed by atoms with Crippen molar-refractivity contribution in [2.45, 2.75) is 46.6 Å². The molecule has 1 aliphatic carbocycles. The van der Waals surface area contributed by atoms with Crippen molar-refractivity contribution in [2.75, 3.05) is 6.61 Å². The highest BCUT2D eigenvalue weighted by Crippen LogP contribution is 2.34. The number of ether oxygens (including phenoxy) is 2. The normalized spacial score (nSPS) is 25.0. The first-order chi connectivity index (χ1) is 7.95. The molecule has 1 saturated carbocycles. The monoisotopic (exact) mass is 242 g/mol. The lowest BCUT2D eigenvalue weighted by Gasteiger charge is -2.32. The summed E-state index contributed by atoms with van der Waals surface area (Å²) in [5.41, 5.74) is 0. The first kappa shape index (κ1) is 14.0. The molecular formula is C13H22O4. The lowest BCUT2D eigenvalue weighted by molar-refractivity contribution is -0.176. The Bertz CT molecular complexity index is 279. The number of rotatable bonds is 5. The maximum Gasteiger partial charge on any atom is 0.347 e. The molecule has 4 heteroatoms. The molecule has 0 bridgehead atoms. The van der Waals surface area contributed by atoms with Crippen molar-refractivity contribution >= 4 is 11.9 Å². The molecule has 1 aliphatic rings. The van der Waals surface area contributed by atoms with Gasteiger partial charge >= 0.3 is 11.9 Å². The summed E-state index contributed by atoms with van der Waals surface area (Å²) >= 11 is 0. The molecule has 1 atom stereocenters. The highest BCUT2D eigenvalue weighted by atomic mass is 16.6. The number of hydrogen-bond acceptors (Lipinski definition) is 4. The first-order valence-corrected chi connectivity index (χ1v) is 6.32. The molecule has 0 aliphatic heterocycles. The van der Waals surface area contributed by atoms with Crippen LogP contribution in [0.25, 0.3) is 0 Å². The second-order valence-corrected chi connectivity index (χ2v) is 5.13. The van der Waals surface area contributed by atoms with Gasteiger partial charge in [0.15, 0.2) is 0 Å². The summed E-state index contributed by atoms with van der Waals surface area (Å²) in [6, 6.07) is 0. The topological polar surface area (TPSA) is 52.6 Å². The maximum atomic E-state index is 11.8. The fourth-order valence-corrected chi connectivity index (χ4v) is 2.00. The van der Waals surface area contributed by atoms with E-state index in [1.807, 2.05) is 13.8 Å². The number of esters is 2. The predicted octanol–water partition coefficient (Wildman–Crippen LogP) is 2.16. The van der Waals surface area contributed by atoms with E-state index in [-0.39, 0.29) is 17.8 Å². The van der Waals surface area contributed by atoms with E-state index in [2.05, 4.69) is 6.92 Å². The Morgan fingerprint density at radius 1 is 1.29 bits per heavy atom. The van der Waals surface area contributed by atoms with Crippen molar-refractivity contribution in [3.8, 4) is 0 Å². The third-order valence-corrected chi connectivity index (χ3v) is 3.07. The van der Waals surface area contributed by atoms with Gasteiger partial charge in [-0.05, 0) is 25.7 Å². The lowest BCUT2D eigenvalue weighted by atomic mass is 9.76. The van der Waals surface area contributed by atoms with Crippen LogP contribution >= 0.6 is 0 Å². The number of hydrogen-bond donors (Lipinski definition) is 0. The van der Waals surface area contributed by atoms with Gasteiger partial charge in [0.2, 0.25) is 6.10 Å². The molecular weight excluding hydrogens is 220 g/mol. The van der Waals surface area contributed by atoms with Crippen molar-refractivity contribution in [3.05, 3.63) is 0 Å². The Labute approximate surface area is 103 Å². The zero-order valence-corrected chi connectivity index (χ0v) is 11.1. The molecule has 0 radical (unpaired) electrons. The minimum absolute atomic E-state index is 0.0272. The summed E-state index contributed by atoms with van der Waals surface area (Å²) in [5.74, 6) is -0.193. The van der Waals surface area contributed by atoms with Crippen molar-refractivity contribution < 1.29 is 19.1 Å². The van der Waals surface area contributed by atoms with E-state index in [0.29, 0.717) is 12.5 Å². The van der Waals surface area contributed by atoms with E-state index >= 15 is 0 Å². The van der Waals surface area contributed by atoms with Gasteiger partial charge in [0, 0.05) is 5.92 Å². The molecule has 17 heavy (non-hydrogen) atoms. The van der Waals surface area contributed by atoms with Crippen molar-refractivity contribution in [1.82, 2.24) is 0 Å². The van der Waals surface area contributed by atoms with Crippen LogP contribution in [0.15, 0.2) is 0 Å². The Balaban J connectivity index is 2.49. The van der Waals surface area contributed by atoms with E-state index in [1.54, 1.807) is 6.92 Å². The number of carbonyl (C=O) groups excluding carboxylic acids is 2. The molecule has 1 rings (SSSR count). The van der Waals surface area contributed by atoms with E-state index in [0.717, 1.165) is 12.8 Å². The molecule has 0 aromatic carbocycles. The third-order valence-electron chi connectivity index (χ3n) is 3.07. The minimum Gasteiger partial charge on any atom is -0.463 e. The Kier molecular flexibility index (Phi) is 4.97. The van der Waals surface area contributed by atoms with Gasteiger partial charge in [-0.2, -0.15) is 0 Å². The van der Waals surface area contributed by atoms with Gasteiger partial charge in [0.25, 0.3) is 0 Å². The van der Waals surface area contributed by atoms with Gasteiger partial charge in [-0.15, -0.1) is 0 Å². The summed E-state index contributed by atoms with van der Waals surface area (Å²) in [5, 5.41) is 0. The summed E-state index contributed by atoms with van der Waals surface area (Å²) < 4.78 is 10.2. The zero-order valence-electron chi connectivity index (χ0n) is 11.1. The molecule has 0 spiro atoms. The quantitative estimate of drug-likeness (QED) is 0.693. The van der Waals surface area contributed by atoms with Gasteiger partial charge in [-0.1, -0.05) is 20.8 Å². The van der Waals surface area contributed by atoms with Crippen LogP contribution in [-0.4, -0.2) is 24.6 Å². The first-order valence-electron chi connectivity index (χ1n) is 6.32. The smallest absolute Gasteiger partial charge is 0.347 e. The second kappa shape index (κ2) is 6.03. The van der Waals surface area contributed by atoms with Crippen LogP contribution < -0.4 is 0 Å². The molecule has 0 aromatic heterocycles. The molecule has 1 fully saturated rings. The van der Waals surface area contributed by atoms with Gasteiger partial charge < -0.3 is 9.47 Å². The van der Waals surface area contributed by atoms with Gasteiger partial charge in [0.1, 0.15) is 0 Å². The molecule has 4 nitrogen and oxygen atoms in total. The molecule has 0 N–H and O–H groups in total. The van der Waals surface area contributed by atoms with Gasteiger partial charge in [-0.25, -0.2) is 4.79 Å².